The summed E-state index contributed by atoms with van der Waals surface area (Å²) in [5.41, 5.74) is 4.50. The molecule has 0 fully saturated rings. The van der Waals surface area contributed by atoms with Crippen LogP contribution < -0.4 is 10.3 Å². The second kappa shape index (κ2) is 6.77. The Kier molecular flexibility index (Phi) is 4.31. The summed E-state index contributed by atoms with van der Waals surface area (Å²) >= 11 is 1.64. The van der Waals surface area contributed by atoms with Crippen molar-refractivity contribution < 1.29 is 10.1 Å². The van der Waals surface area contributed by atoms with E-state index >= 15 is 0 Å². The van der Waals surface area contributed by atoms with Crippen molar-refractivity contribution >= 4 is 28.1 Å². The highest BCUT2D eigenvalue weighted by Crippen LogP contribution is 2.36. The summed E-state index contributed by atoms with van der Waals surface area (Å²) in [6, 6.07) is 15.8. The van der Waals surface area contributed by atoms with Crippen LogP contribution in [-0.2, 0) is 0 Å². The summed E-state index contributed by atoms with van der Waals surface area (Å²) in [5.74, 6) is 1.13. The first-order chi connectivity index (χ1) is 12.6. The first-order valence-corrected chi connectivity index (χ1v) is 9.43. The van der Waals surface area contributed by atoms with Crippen LogP contribution in [0.15, 0.2) is 59.3 Å². The molecule has 1 atom stereocenters. The second-order valence-corrected chi connectivity index (χ2v) is 7.19. The number of thiophene rings is 1. The fourth-order valence-electron chi connectivity index (χ4n) is 3.12. The molecular formula is C21H20N3OS+. The Balaban J connectivity index is 1.84. The second-order valence-electron chi connectivity index (χ2n) is 6.41. The highest BCUT2D eigenvalue weighted by molar-refractivity contribution is 7.08. The zero-order chi connectivity index (χ0) is 18.1. The number of phenols is 1. The van der Waals surface area contributed by atoms with Crippen LogP contribution in [0, 0.1) is 13.8 Å². The lowest BCUT2D eigenvalue weighted by Gasteiger charge is -2.16. The molecule has 26 heavy (non-hydrogen) atoms. The number of nitrogens with zero attached hydrogens (tertiary/aromatic N) is 1. The predicted molar refractivity (Wildman–Crippen MR) is 106 cm³/mol. The summed E-state index contributed by atoms with van der Waals surface area (Å²) in [4.78, 5) is 7.87. The van der Waals surface area contributed by atoms with Crippen LogP contribution in [0.5, 0.6) is 5.75 Å². The molecule has 0 aliphatic carbocycles. The van der Waals surface area contributed by atoms with Crippen molar-refractivity contribution in [3.63, 3.8) is 0 Å². The van der Waals surface area contributed by atoms with Crippen LogP contribution in [0.3, 0.4) is 0 Å². The normalized spacial score (nSPS) is 12.2. The van der Waals surface area contributed by atoms with Crippen molar-refractivity contribution in [1.29, 1.82) is 0 Å². The highest BCUT2D eigenvalue weighted by Gasteiger charge is 2.24. The predicted octanol–water partition coefficient (Wildman–Crippen LogP) is 4.63. The molecule has 0 amide bonds. The van der Waals surface area contributed by atoms with Crippen LogP contribution in [0.2, 0.25) is 0 Å². The standard InChI is InChI=1S/C21H19N3OS/c1-13-4-3-5-18(22-13)24-19(16-10-11-26-12-16)17-9-8-15-7-6-14(2)23-20(15)21(17)25/h3-12,19,25H,1-2H3,(H,22,24)/p+1/t19-/m0/s1. The van der Waals surface area contributed by atoms with Crippen LogP contribution in [0.1, 0.15) is 28.6 Å². The molecule has 0 radical (unpaired) electrons. The van der Waals surface area contributed by atoms with Gasteiger partial charge in [0.1, 0.15) is 17.3 Å². The first-order valence-electron chi connectivity index (χ1n) is 8.48. The molecule has 3 heterocycles. The van der Waals surface area contributed by atoms with Crippen molar-refractivity contribution in [2.24, 2.45) is 0 Å². The van der Waals surface area contributed by atoms with Gasteiger partial charge in [0.05, 0.1) is 5.69 Å². The minimum Gasteiger partial charge on any atom is -0.505 e. The number of benzene rings is 1. The number of hydrogen-bond acceptors (Lipinski definition) is 4. The minimum absolute atomic E-state index is 0.175. The number of aromatic amines is 1. The van der Waals surface area contributed by atoms with E-state index < -0.39 is 0 Å². The van der Waals surface area contributed by atoms with Gasteiger partial charge in [-0.1, -0.05) is 18.2 Å². The number of fused-ring (bicyclic) bond motifs is 1. The summed E-state index contributed by atoms with van der Waals surface area (Å²) in [5, 5.41) is 19.6. The van der Waals surface area contributed by atoms with Gasteiger partial charge >= 0.3 is 0 Å². The average molecular weight is 362 g/mol. The Labute approximate surface area is 156 Å². The topological polar surface area (TPSA) is 59.3 Å². The maximum Gasteiger partial charge on any atom is 0.273 e. The van der Waals surface area contributed by atoms with Gasteiger partial charge in [0.15, 0.2) is 0 Å². The van der Waals surface area contributed by atoms with Crippen LogP contribution in [0.4, 0.5) is 5.82 Å². The van der Waals surface area contributed by atoms with Crippen molar-refractivity contribution in [1.82, 2.24) is 4.98 Å². The molecule has 4 aromatic rings. The fraction of sp³-hybridized carbons (Fsp3) is 0.143. The smallest absolute Gasteiger partial charge is 0.273 e. The number of pyridine rings is 2. The Hall–Kier alpha value is -2.92. The number of phenolic OH excluding ortho intramolecular Hbond substituents is 1. The van der Waals surface area contributed by atoms with Gasteiger partial charge < -0.3 is 5.11 Å². The van der Waals surface area contributed by atoms with E-state index in [0.29, 0.717) is 5.52 Å². The molecule has 0 aliphatic rings. The van der Waals surface area contributed by atoms with Gasteiger partial charge in [-0.05, 0) is 48.9 Å². The molecule has 3 aromatic heterocycles. The minimum atomic E-state index is -0.175. The van der Waals surface area contributed by atoms with Crippen molar-refractivity contribution in [3.8, 4) is 5.75 Å². The Morgan fingerprint density at radius 3 is 2.69 bits per heavy atom. The van der Waals surface area contributed by atoms with Gasteiger partial charge in [-0.15, -0.1) is 0 Å². The van der Waals surface area contributed by atoms with E-state index in [9.17, 15) is 5.11 Å². The van der Waals surface area contributed by atoms with E-state index in [0.717, 1.165) is 33.7 Å². The molecule has 1 aromatic carbocycles. The van der Waals surface area contributed by atoms with Gasteiger partial charge in [-0.25, -0.2) is 9.97 Å². The number of aromatic nitrogens is 2. The molecule has 0 spiro atoms. The third-order valence-electron chi connectivity index (χ3n) is 4.43. The van der Waals surface area contributed by atoms with Crippen LogP contribution >= 0.6 is 11.3 Å². The molecule has 0 saturated heterocycles. The third kappa shape index (κ3) is 3.13. The van der Waals surface area contributed by atoms with E-state index in [1.54, 1.807) is 11.3 Å². The number of aryl methyl sites for hydroxylation is 2. The maximum atomic E-state index is 11.0. The van der Waals surface area contributed by atoms with Crippen molar-refractivity contribution in [2.75, 3.05) is 5.32 Å². The maximum absolute atomic E-state index is 11.0. The van der Waals surface area contributed by atoms with E-state index in [-0.39, 0.29) is 11.8 Å². The molecule has 0 saturated carbocycles. The molecule has 4 rings (SSSR count). The first kappa shape index (κ1) is 16.5. The molecule has 5 heteroatoms. The quantitative estimate of drug-likeness (QED) is 0.556. The molecule has 0 aliphatic heterocycles. The number of H-pyrrole nitrogens is 1. The van der Waals surface area contributed by atoms with Crippen LogP contribution in [0.25, 0.3) is 10.9 Å². The number of anilines is 1. The van der Waals surface area contributed by atoms with Gasteiger partial charge in [0.25, 0.3) is 5.82 Å². The lowest BCUT2D eigenvalue weighted by Crippen LogP contribution is -2.20. The zero-order valence-electron chi connectivity index (χ0n) is 14.7. The van der Waals surface area contributed by atoms with E-state index in [1.807, 2.05) is 61.7 Å². The molecule has 3 N–H and O–H groups in total. The summed E-state index contributed by atoms with van der Waals surface area (Å²) < 4.78 is 0. The lowest BCUT2D eigenvalue weighted by molar-refractivity contribution is -0.371. The Morgan fingerprint density at radius 1 is 1.08 bits per heavy atom. The van der Waals surface area contributed by atoms with Gasteiger partial charge in [0, 0.05) is 28.3 Å². The Bertz CT molecular complexity index is 1060. The van der Waals surface area contributed by atoms with Crippen molar-refractivity contribution in [2.45, 2.75) is 19.9 Å². The third-order valence-corrected chi connectivity index (χ3v) is 5.14. The average Bonchev–Trinajstić information content (AvgIpc) is 3.15. The van der Waals surface area contributed by atoms with E-state index in [2.05, 4.69) is 26.7 Å². The fourth-order valence-corrected chi connectivity index (χ4v) is 3.81. The SMILES string of the molecule is Cc1ccc2ccc([C@@H](Nc3cccc(C)[nH+]3)c3ccsc3)c(O)c2n1. The number of nitrogens with one attached hydrogen (secondary N) is 2. The number of hydrogen-bond donors (Lipinski definition) is 2. The summed E-state index contributed by atoms with van der Waals surface area (Å²) in [7, 11) is 0. The van der Waals surface area contributed by atoms with Crippen molar-refractivity contribution in [3.05, 3.63) is 81.8 Å². The lowest BCUT2D eigenvalue weighted by atomic mass is 9.98. The highest BCUT2D eigenvalue weighted by atomic mass is 32.1. The molecule has 0 bridgehead atoms. The van der Waals surface area contributed by atoms with Gasteiger partial charge in [-0.2, -0.15) is 11.3 Å². The monoisotopic (exact) mass is 362 g/mol. The van der Waals surface area contributed by atoms with E-state index in [1.165, 1.54) is 0 Å². The number of rotatable bonds is 4. The summed E-state index contributed by atoms with van der Waals surface area (Å²) in [6.07, 6.45) is 0. The van der Waals surface area contributed by atoms with E-state index in [4.69, 9.17) is 0 Å². The largest absolute Gasteiger partial charge is 0.505 e. The van der Waals surface area contributed by atoms with Crippen LogP contribution in [-0.4, -0.2) is 10.1 Å². The summed E-state index contributed by atoms with van der Waals surface area (Å²) in [6.45, 7) is 3.95. The molecule has 130 valence electrons. The van der Waals surface area contributed by atoms with Gasteiger partial charge in [0.2, 0.25) is 0 Å². The Morgan fingerprint density at radius 2 is 1.92 bits per heavy atom. The zero-order valence-corrected chi connectivity index (χ0v) is 15.5. The molecular weight excluding hydrogens is 342 g/mol. The molecule has 4 nitrogen and oxygen atoms in total. The van der Waals surface area contributed by atoms with Gasteiger partial charge in [-0.3, -0.25) is 5.32 Å². The molecule has 0 unspecified atom stereocenters. The number of aromatic hydroxyl groups is 1.